The second-order valence-corrected chi connectivity index (χ2v) is 4.45. The lowest BCUT2D eigenvalue weighted by Crippen LogP contribution is -2.34. The van der Waals surface area contributed by atoms with Crippen LogP contribution in [0, 0.1) is 13.8 Å². The molecule has 100 valence electrons. The summed E-state index contributed by atoms with van der Waals surface area (Å²) in [4.78, 5) is 10.7. The molecule has 0 fully saturated rings. The molecule has 0 aromatic heterocycles. The normalized spacial score (nSPS) is 14.1. The van der Waals surface area contributed by atoms with Gasteiger partial charge >= 0.3 is 0 Å². The molecular formula is C13H19NO4. The quantitative estimate of drug-likeness (QED) is 0.630. The molecule has 0 saturated heterocycles. The molecule has 5 heteroatoms. The third-order valence-electron chi connectivity index (χ3n) is 2.78. The zero-order valence-electron chi connectivity index (χ0n) is 10.8. The fourth-order valence-corrected chi connectivity index (χ4v) is 1.74. The summed E-state index contributed by atoms with van der Waals surface area (Å²) in [7, 11) is 0. The number of aliphatic hydroxyl groups excluding tert-OH is 2. The van der Waals surface area contributed by atoms with Gasteiger partial charge in [0.2, 0.25) is 5.91 Å². The predicted octanol–water partition coefficient (Wildman–Crippen LogP) is 0.539. The van der Waals surface area contributed by atoms with Gasteiger partial charge in [0.15, 0.2) is 0 Å². The molecule has 18 heavy (non-hydrogen) atoms. The van der Waals surface area contributed by atoms with Crippen LogP contribution in [-0.2, 0) is 4.79 Å². The van der Waals surface area contributed by atoms with Gasteiger partial charge in [-0.1, -0.05) is 0 Å². The van der Waals surface area contributed by atoms with Crippen LogP contribution in [0.1, 0.15) is 29.7 Å². The zero-order chi connectivity index (χ0) is 13.9. The SMILES string of the molecule is CC(=O)NCC(O)C(O)c1cc(C)c(O)c(C)c1. The molecule has 5 nitrogen and oxygen atoms in total. The number of carbonyl (C=O) groups is 1. The standard InChI is InChI=1S/C13H19NO4/c1-7-4-10(5-8(2)12(7)17)13(18)11(16)6-14-9(3)15/h4-5,11,13,16-18H,6H2,1-3H3,(H,14,15). The third kappa shape index (κ3) is 3.45. The van der Waals surface area contributed by atoms with Gasteiger partial charge in [-0.15, -0.1) is 0 Å². The molecule has 0 radical (unpaired) electrons. The van der Waals surface area contributed by atoms with Crippen LogP contribution in [0.25, 0.3) is 0 Å². The molecule has 0 saturated carbocycles. The van der Waals surface area contributed by atoms with Gasteiger partial charge < -0.3 is 20.6 Å². The molecule has 2 atom stereocenters. The maximum Gasteiger partial charge on any atom is 0.216 e. The Bertz CT molecular complexity index is 422. The van der Waals surface area contributed by atoms with E-state index in [1.807, 2.05) is 0 Å². The van der Waals surface area contributed by atoms with E-state index in [-0.39, 0.29) is 18.2 Å². The Balaban J connectivity index is 2.83. The summed E-state index contributed by atoms with van der Waals surface area (Å²) >= 11 is 0. The van der Waals surface area contributed by atoms with Crippen molar-refractivity contribution in [2.24, 2.45) is 0 Å². The summed E-state index contributed by atoms with van der Waals surface area (Å²) in [6.07, 6.45) is -2.19. The first kappa shape index (κ1) is 14.5. The van der Waals surface area contributed by atoms with E-state index in [4.69, 9.17) is 0 Å². The van der Waals surface area contributed by atoms with Crippen molar-refractivity contribution in [2.75, 3.05) is 6.54 Å². The van der Waals surface area contributed by atoms with E-state index < -0.39 is 12.2 Å². The number of aliphatic hydroxyl groups is 2. The third-order valence-corrected chi connectivity index (χ3v) is 2.78. The number of aromatic hydroxyl groups is 1. The highest BCUT2D eigenvalue weighted by molar-refractivity contribution is 5.72. The van der Waals surface area contributed by atoms with E-state index in [9.17, 15) is 20.1 Å². The Hall–Kier alpha value is -1.59. The van der Waals surface area contributed by atoms with Crippen molar-refractivity contribution < 1.29 is 20.1 Å². The second kappa shape index (κ2) is 5.84. The Morgan fingerprint density at radius 2 is 1.78 bits per heavy atom. The number of hydrogen-bond donors (Lipinski definition) is 4. The summed E-state index contributed by atoms with van der Waals surface area (Å²) in [5.41, 5.74) is 1.78. The molecule has 2 unspecified atom stereocenters. The molecular weight excluding hydrogens is 234 g/mol. The fraction of sp³-hybridized carbons (Fsp3) is 0.462. The molecule has 1 rings (SSSR count). The highest BCUT2D eigenvalue weighted by atomic mass is 16.3. The number of nitrogens with one attached hydrogen (secondary N) is 1. The fourth-order valence-electron chi connectivity index (χ4n) is 1.74. The maximum atomic E-state index is 10.7. The van der Waals surface area contributed by atoms with E-state index >= 15 is 0 Å². The van der Waals surface area contributed by atoms with Crippen molar-refractivity contribution in [1.82, 2.24) is 5.32 Å². The van der Waals surface area contributed by atoms with E-state index in [1.54, 1.807) is 26.0 Å². The van der Waals surface area contributed by atoms with Crippen LogP contribution in [0.5, 0.6) is 5.75 Å². The molecule has 1 aromatic rings. The van der Waals surface area contributed by atoms with Gasteiger partial charge in [-0.25, -0.2) is 0 Å². The lowest BCUT2D eigenvalue weighted by atomic mass is 9.99. The summed E-state index contributed by atoms with van der Waals surface area (Å²) in [6, 6.07) is 3.23. The molecule has 4 N–H and O–H groups in total. The molecule has 0 spiro atoms. The minimum atomic E-state index is -1.10. The molecule has 0 aliphatic carbocycles. The van der Waals surface area contributed by atoms with Gasteiger partial charge in [-0.2, -0.15) is 0 Å². The summed E-state index contributed by atoms with van der Waals surface area (Å²) < 4.78 is 0. The van der Waals surface area contributed by atoms with Gasteiger partial charge in [0.05, 0.1) is 0 Å². The number of hydrogen-bond acceptors (Lipinski definition) is 4. The highest BCUT2D eigenvalue weighted by Gasteiger charge is 2.20. The first-order valence-corrected chi connectivity index (χ1v) is 5.73. The van der Waals surface area contributed by atoms with Gasteiger partial charge in [0, 0.05) is 13.5 Å². The van der Waals surface area contributed by atoms with Gasteiger partial charge in [0.1, 0.15) is 18.0 Å². The van der Waals surface area contributed by atoms with Gasteiger partial charge in [-0.3, -0.25) is 4.79 Å². The topological polar surface area (TPSA) is 89.8 Å². The molecule has 0 aliphatic rings. The van der Waals surface area contributed by atoms with Crippen LogP contribution < -0.4 is 5.32 Å². The van der Waals surface area contributed by atoms with Crippen LogP contribution >= 0.6 is 0 Å². The van der Waals surface area contributed by atoms with Crippen molar-refractivity contribution in [3.63, 3.8) is 0 Å². The second-order valence-electron chi connectivity index (χ2n) is 4.45. The monoisotopic (exact) mass is 253 g/mol. The van der Waals surface area contributed by atoms with E-state index in [0.29, 0.717) is 16.7 Å². The Morgan fingerprint density at radius 3 is 2.22 bits per heavy atom. The van der Waals surface area contributed by atoms with E-state index in [0.717, 1.165) is 0 Å². The molecule has 1 aromatic carbocycles. The van der Waals surface area contributed by atoms with E-state index in [2.05, 4.69) is 5.32 Å². The largest absolute Gasteiger partial charge is 0.507 e. The number of benzene rings is 1. The number of phenols is 1. The molecule has 0 aliphatic heterocycles. The van der Waals surface area contributed by atoms with Crippen molar-refractivity contribution in [1.29, 1.82) is 0 Å². The number of amides is 1. The van der Waals surface area contributed by atoms with Crippen LogP contribution in [0.2, 0.25) is 0 Å². The van der Waals surface area contributed by atoms with Gasteiger partial charge in [-0.05, 0) is 42.7 Å². The molecule has 0 bridgehead atoms. The van der Waals surface area contributed by atoms with Crippen molar-refractivity contribution in [3.8, 4) is 5.75 Å². The number of carbonyl (C=O) groups excluding carboxylic acids is 1. The average molecular weight is 253 g/mol. The minimum Gasteiger partial charge on any atom is -0.507 e. The predicted molar refractivity (Wildman–Crippen MR) is 67.2 cm³/mol. The summed E-state index contributed by atoms with van der Waals surface area (Å²) in [6.45, 7) is 4.76. The van der Waals surface area contributed by atoms with Gasteiger partial charge in [0.25, 0.3) is 0 Å². The number of aryl methyl sites for hydroxylation is 2. The summed E-state index contributed by atoms with van der Waals surface area (Å²) in [5.74, 6) is -0.0818. The maximum absolute atomic E-state index is 10.7. The lowest BCUT2D eigenvalue weighted by Gasteiger charge is -2.19. The van der Waals surface area contributed by atoms with Crippen molar-refractivity contribution >= 4 is 5.91 Å². The lowest BCUT2D eigenvalue weighted by molar-refractivity contribution is -0.119. The Morgan fingerprint density at radius 1 is 1.28 bits per heavy atom. The Labute approximate surface area is 106 Å². The van der Waals surface area contributed by atoms with Crippen molar-refractivity contribution in [3.05, 3.63) is 28.8 Å². The molecule has 1 amide bonds. The molecule has 0 heterocycles. The number of rotatable bonds is 4. The highest BCUT2D eigenvalue weighted by Crippen LogP contribution is 2.27. The van der Waals surface area contributed by atoms with Crippen LogP contribution in [0.3, 0.4) is 0 Å². The first-order chi connectivity index (χ1) is 8.32. The Kier molecular flexibility index (Phi) is 4.69. The van der Waals surface area contributed by atoms with Crippen LogP contribution in [-0.4, -0.2) is 33.9 Å². The smallest absolute Gasteiger partial charge is 0.216 e. The van der Waals surface area contributed by atoms with Crippen LogP contribution in [0.4, 0.5) is 0 Å². The van der Waals surface area contributed by atoms with E-state index in [1.165, 1.54) is 6.92 Å². The minimum absolute atomic E-state index is 0.0184. The summed E-state index contributed by atoms with van der Waals surface area (Å²) in [5, 5.41) is 31.8. The number of phenolic OH excluding ortho intramolecular Hbond substituents is 1. The zero-order valence-corrected chi connectivity index (χ0v) is 10.8. The van der Waals surface area contributed by atoms with Crippen molar-refractivity contribution in [2.45, 2.75) is 33.0 Å². The first-order valence-electron chi connectivity index (χ1n) is 5.73. The van der Waals surface area contributed by atoms with Crippen LogP contribution in [0.15, 0.2) is 12.1 Å². The average Bonchev–Trinajstić information content (AvgIpc) is 2.31.